The Hall–Kier alpha value is -1.54. The molecular weight excluding hydrogens is 348 g/mol. The number of carbonyl (C=O) groups excluding carboxylic acids is 1. The van der Waals surface area contributed by atoms with Crippen LogP contribution in [0, 0.1) is 5.92 Å². The Labute approximate surface area is 162 Å². The third-order valence-electron chi connectivity index (χ3n) is 4.98. The molecule has 3 rings (SSSR count). The number of hydrogen-bond acceptors (Lipinski definition) is 7. The number of ether oxygens (including phenoxy) is 3. The van der Waals surface area contributed by atoms with Gasteiger partial charge in [0.05, 0.1) is 25.8 Å². The van der Waals surface area contributed by atoms with E-state index >= 15 is 0 Å². The van der Waals surface area contributed by atoms with E-state index in [9.17, 15) is 4.79 Å². The molecule has 0 saturated carbocycles. The average Bonchev–Trinajstić information content (AvgIpc) is 3.26. The van der Waals surface area contributed by atoms with Crippen LogP contribution in [0.3, 0.4) is 0 Å². The van der Waals surface area contributed by atoms with E-state index < -0.39 is 5.60 Å². The number of nitrogens with zero attached hydrogens (tertiary/aromatic N) is 3. The molecule has 0 aromatic heterocycles. The Balaban J connectivity index is 1.31. The van der Waals surface area contributed by atoms with Gasteiger partial charge >= 0.3 is 6.09 Å². The van der Waals surface area contributed by atoms with Crippen molar-refractivity contribution in [1.29, 1.82) is 0 Å². The number of guanidine groups is 1. The summed E-state index contributed by atoms with van der Waals surface area (Å²) in [5.41, 5.74) is -0.458. The largest absolute Gasteiger partial charge is 0.444 e. The van der Waals surface area contributed by atoms with E-state index in [-0.39, 0.29) is 12.1 Å². The van der Waals surface area contributed by atoms with Gasteiger partial charge in [0, 0.05) is 45.3 Å². The van der Waals surface area contributed by atoms with E-state index in [1.165, 1.54) is 0 Å². The standard InChI is InChI=1S/C19H34N4O4/c1-19(2,3)27-18(24)22-7-8-23-16(12-22)11-21-17(23)20-6-4-9-25-13-15-5-10-26-14-15/h15-16H,4-14H2,1-3H3,(H,20,21). The topological polar surface area (TPSA) is 75.6 Å². The van der Waals surface area contributed by atoms with Crippen LogP contribution >= 0.6 is 0 Å². The van der Waals surface area contributed by atoms with Crippen molar-refractivity contribution >= 4 is 12.1 Å². The second kappa shape index (κ2) is 9.10. The lowest BCUT2D eigenvalue weighted by Gasteiger charge is -2.39. The molecule has 2 fully saturated rings. The lowest BCUT2D eigenvalue weighted by atomic mass is 10.1. The van der Waals surface area contributed by atoms with Crippen molar-refractivity contribution in [2.24, 2.45) is 10.9 Å². The number of amides is 1. The van der Waals surface area contributed by atoms with Gasteiger partial charge in [0.25, 0.3) is 0 Å². The normalized spacial score (nSPS) is 25.4. The summed E-state index contributed by atoms with van der Waals surface area (Å²) in [5, 5.41) is 3.43. The van der Waals surface area contributed by atoms with E-state index in [0.29, 0.717) is 19.0 Å². The Bertz CT molecular complexity index is 528. The van der Waals surface area contributed by atoms with Crippen molar-refractivity contribution in [3.63, 3.8) is 0 Å². The van der Waals surface area contributed by atoms with Gasteiger partial charge in [-0.1, -0.05) is 0 Å². The Morgan fingerprint density at radius 3 is 2.96 bits per heavy atom. The van der Waals surface area contributed by atoms with Crippen molar-refractivity contribution < 1.29 is 19.0 Å². The van der Waals surface area contributed by atoms with Gasteiger partial charge in [0.15, 0.2) is 5.96 Å². The van der Waals surface area contributed by atoms with Crippen molar-refractivity contribution in [3.8, 4) is 0 Å². The highest BCUT2D eigenvalue weighted by molar-refractivity contribution is 5.82. The SMILES string of the molecule is CC(C)(C)OC(=O)N1CCN2C(NCCCOCC3CCOC3)=NCC2C1. The molecule has 3 aliphatic heterocycles. The number of aliphatic imine (C=N–C) groups is 1. The van der Waals surface area contributed by atoms with Crippen LogP contribution in [0.25, 0.3) is 0 Å². The monoisotopic (exact) mass is 382 g/mol. The second-order valence-electron chi connectivity index (χ2n) is 8.52. The lowest BCUT2D eigenvalue weighted by Crippen LogP contribution is -2.57. The Kier molecular flexibility index (Phi) is 6.81. The van der Waals surface area contributed by atoms with Gasteiger partial charge < -0.3 is 29.3 Å². The van der Waals surface area contributed by atoms with E-state index in [2.05, 4.69) is 15.2 Å². The predicted octanol–water partition coefficient (Wildman–Crippen LogP) is 1.31. The minimum absolute atomic E-state index is 0.228. The van der Waals surface area contributed by atoms with Crippen molar-refractivity contribution in [1.82, 2.24) is 15.1 Å². The first-order chi connectivity index (χ1) is 12.9. The van der Waals surface area contributed by atoms with Crippen molar-refractivity contribution in [2.75, 3.05) is 59.2 Å². The molecule has 2 atom stereocenters. The number of carbonyl (C=O) groups is 1. The molecule has 8 nitrogen and oxygen atoms in total. The summed E-state index contributed by atoms with van der Waals surface area (Å²) in [6.07, 6.45) is 1.84. The minimum Gasteiger partial charge on any atom is -0.444 e. The lowest BCUT2D eigenvalue weighted by molar-refractivity contribution is 0.0137. The third-order valence-corrected chi connectivity index (χ3v) is 4.98. The molecule has 3 heterocycles. The summed E-state index contributed by atoms with van der Waals surface area (Å²) < 4.78 is 16.6. The van der Waals surface area contributed by atoms with Crippen molar-refractivity contribution in [2.45, 2.75) is 45.3 Å². The van der Waals surface area contributed by atoms with Gasteiger partial charge in [-0.05, 0) is 33.6 Å². The quantitative estimate of drug-likeness (QED) is 0.698. The molecule has 154 valence electrons. The van der Waals surface area contributed by atoms with Gasteiger partial charge in [-0.2, -0.15) is 0 Å². The Morgan fingerprint density at radius 1 is 1.37 bits per heavy atom. The van der Waals surface area contributed by atoms with Crippen LogP contribution in [0.4, 0.5) is 4.79 Å². The molecule has 0 bridgehead atoms. The molecule has 0 spiro atoms. The maximum atomic E-state index is 12.3. The summed E-state index contributed by atoms with van der Waals surface area (Å²) in [6, 6.07) is 0.243. The number of fused-ring (bicyclic) bond motifs is 1. The maximum Gasteiger partial charge on any atom is 0.410 e. The number of hydrogen-bond donors (Lipinski definition) is 1. The zero-order valence-corrected chi connectivity index (χ0v) is 16.9. The molecule has 0 aliphatic carbocycles. The highest BCUT2D eigenvalue weighted by atomic mass is 16.6. The summed E-state index contributed by atoms with van der Waals surface area (Å²) in [4.78, 5) is 21.0. The summed E-state index contributed by atoms with van der Waals surface area (Å²) in [5.74, 6) is 1.52. The summed E-state index contributed by atoms with van der Waals surface area (Å²) >= 11 is 0. The van der Waals surface area contributed by atoms with E-state index in [1.54, 1.807) is 4.90 Å². The van der Waals surface area contributed by atoms with Gasteiger partial charge in [-0.25, -0.2) is 4.79 Å². The van der Waals surface area contributed by atoms with Crippen LogP contribution in [-0.4, -0.2) is 92.6 Å². The van der Waals surface area contributed by atoms with Crippen LogP contribution in [0.1, 0.15) is 33.6 Å². The Morgan fingerprint density at radius 2 is 2.22 bits per heavy atom. The molecule has 8 heteroatoms. The fourth-order valence-electron chi connectivity index (χ4n) is 3.56. The maximum absolute atomic E-state index is 12.3. The fraction of sp³-hybridized carbons (Fsp3) is 0.895. The molecule has 1 amide bonds. The highest BCUT2D eigenvalue weighted by Crippen LogP contribution is 2.18. The minimum atomic E-state index is -0.458. The van der Waals surface area contributed by atoms with E-state index in [4.69, 9.17) is 14.2 Å². The number of piperazine rings is 1. The molecule has 1 N–H and O–H groups in total. The predicted molar refractivity (Wildman–Crippen MR) is 103 cm³/mol. The molecule has 0 aromatic carbocycles. The molecule has 0 radical (unpaired) electrons. The van der Waals surface area contributed by atoms with Crippen LogP contribution < -0.4 is 5.32 Å². The number of rotatable bonds is 6. The summed E-state index contributed by atoms with van der Waals surface area (Å²) in [7, 11) is 0. The fourth-order valence-corrected chi connectivity index (χ4v) is 3.56. The van der Waals surface area contributed by atoms with Crippen LogP contribution in [0.15, 0.2) is 4.99 Å². The zero-order valence-electron chi connectivity index (χ0n) is 16.9. The first-order valence-corrected chi connectivity index (χ1v) is 10.1. The van der Waals surface area contributed by atoms with E-state index in [0.717, 1.165) is 64.9 Å². The van der Waals surface area contributed by atoms with Crippen LogP contribution in [-0.2, 0) is 14.2 Å². The van der Waals surface area contributed by atoms with Crippen molar-refractivity contribution in [3.05, 3.63) is 0 Å². The first kappa shape index (κ1) is 20.2. The molecule has 3 aliphatic rings. The van der Waals surface area contributed by atoms with Gasteiger partial charge in [0.2, 0.25) is 0 Å². The summed E-state index contributed by atoms with van der Waals surface area (Å²) in [6.45, 7) is 12.6. The zero-order chi connectivity index (χ0) is 19.3. The molecule has 2 unspecified atom stereocenters. The van der Waals surface area contributed by atoms with Crippen LogP contribution in [0.5, 0.6) is 0 Å². The molecule has 27 heavy (non-hydrogen) atoms. The number of nitrogens with one attached hydrogen (secondary N) is 1. The average molecular weight is 383 g/mol. The smallest absolute Gasteiger partial charge is 0.410 e. The molecule has 2 saturated heterocycles. The first-order valence-electron chi connectivity index (χ1n) is 10.1. The van der Waals surface area contributed by atoms with Crippen LogP contribution in [0.2, 0.25) is 0 Å². The van der Waals surface area contributed by atoms with Gasteiger partial charge in [-0.3, -0.25) is 4.99 Å². The second-order valence-corrected chi connectivity index (χ2v) is 8.52. The third kappa shape index (κ3) is 5.97. The van der Waals surface area contributed by atoms with Gasteiger partial charge in [0.1, 0.15) is 5.60 Å². The molecular formula is C19H34N4O4. The van der Waals surface area contributed by atoms with Gasteiger partial charge in [-0.15, -0.1) is 0 Å². The highest BCUT2D eigenvalue weighted by Gasteiger charge is 2.36. The van der Waals surface area contributed by atoms with E-state index in [1.807, 2.05) is 20.8 Å². The molecule has 0 aromatic rings.